The number of piperazine rings is 1. The largest absolute Gasteiger partial charge is 0.369 e. The molecule has 1 aromatic carbocycles. The molecule has 2 aromatic rings. The second kappa shape index (κ2) is 6.63. The number of halogens is 1. The third kappa shape index (κ3) is 3.33. The molecule has 3 heterocycles. The van der Waals surface area contributed by atoms with Crippen molar-refractivity contribution < 1.29 is 8.91 Å². The summed E-state index contributed by atoms with van der Waals surface area (Å²) >= 11 is 0. The Morgan fingerprint density at radius 1 is 1.04 bits per heavy atom. The maximum atomic E-state index is 13.1. The summed E-state index contributed by atoms with van der Waals surface area (Å²) in [6.07, 6.45) is 2.38. The summed E-state index contributed by atoms with van der Waals surface area (Å²) in [7, 11) is 0. The van der Waals surface area contributed by atoms with Crippen LogP contribution in [0.1, 0.15) is 30.5 Å². The van der Waals surface area contributed by atoms with E-state index in [2.05, 4.69) is 24.8 Å². The van der Waals surface area contributed by atoms with Crippen LogP contribution in [-0.2, 0) is 6.54 Å². The van der Waals surface area contributed by atoms with Gasteiger partial charge in [0.05, 0.1) is 6.54 Å². The predicted octanol–water partition coefficient (Wildman–Crippen LogP) is 2.09. The van der Waals surface area contributed by atoms with Crippen molar-refractivity contribution in [1.82, 2.24) is 19.9 Å². The highest BCUT2D eigenvalue weighted by atomic mass is 19.1. The van der Waals surface area contributed by atoms with Gasteiger partial charge in [0.1, 0.15) is 5.82 Å². The molecular weight excluding hydrogens is 333 g/mol. The summed E-state index contributed by atoms with van der Waals surface area (Å²) in [4.78, 5) is 11.8. The Kier molecular flexibility index (Phi) is 4.13. The molecule has 0 unspecified atom stereocenters. The summed E-state index contributed by atoms with van der Waals surface area (Å²) in [6, 6.07) is 7.45. The average molecular weight is 357 g/mol. The Morgan fingerprint density at radius 3 is 2.46 bits per heavy atom. The van der Waals surface area contributed by atoms with Crippen molar-refractivity contribution in [2.75, 3.05) is 44.2 Å². The van der Waals surface area contributed by atoms with Gasteiger partial charge < -0.3 is 9.42 Å². The van der Waals surface area contributed by atoms with Crippen LogP contribution in [0.2, 0.25) is 0 Å². The lowest BCUT2D eigenvalue weighted by Crippen LogP contribution is -2.62. The second-order valence-electron chi connectivity index (χ2n) is 7.67. The molecule has 26 heavy (non-hydrogen) atoms. The first-order valence-corrected chi connectivity index (χ1v) is 9.54. The minimum atomic E-state index is -0.173. The maximum absolute atomic E-state index is 13.1. The van der Waals surface area contributed by atoms with Crippen LogP contribution in [-0.4, -0.2) is 65.3 Å². The molecule has 2 saturated heterocycles. The van der Waals surface area contributed by atoms with Gasteiger partial charge in [-0.05, 0) is 37.1 Å². The fraction of sp³-hybridized carbons (Fsp3) is 0.579. The van der Waals surface area contributed by atoms with Gasteiger partial charge in [-0.15, -0.1) is 0 Å². The lowest BCUT2D eigenvalue weighted by Gasteiger charge is -2.48. The van der Waals surface area contributed by atoms with Crippen LogP contribution in [0.5, 0.6) is 0 Å². The van der Waals surface area contributed by atoms with Gasteiger partial charge in [-0.3, -0.25) is 9.80 Å². The molecule has 0 amide bonds. The summed E-state index contributed by atoms with van der Waals surface area (Å²) in [5, 5.41) is 4.11. The molecule has 0 spiro atoms. The highest BCUT2D eigenvalue weighted by molar-refractivity contribution is 5.46. The van der Waals surface area contributed by atoms with Gasteiger partial charge in [-0.25, -0.2) is 4.39 Å². The van der Waals surface area contributed by atoms with E-state index in [0.717, 1.165) is 63.2 Å². The average Bonchev–Trinajstić information content (AvgIpc) is 3.38. The molecular formula is C19H24FN5O. The van der Waals surface area contributed by atoms with Crippen LogP contribution < -0.4 is 4.90 Å². The SMILES string of the molecule is Fc1ccc(N2CCN(C3CN(Cc4noc(C5CC5)n4)C3)CC2)cc1. The number of nitrogens with zero attached hydrogens (tertiary/aromatic N) is 5. The minimum absolute atomic E-state index is 0.173. The zero-order valence-electron chi connectivity index (χ0n) is 14.9. The van der Waals surface area contributed by atoms with Crippen molar-refractivity contribution in [2.45, 2.75) is 31.3 Å². The van der Waals surface area contributed by atoms with Gasteiger partial charge in [0.15, 0.2) is 5.82 Å². The number of hydrogen-bond acceptors (Lipinski definition) is 6. The van der Waals surface area contributed by atoms with Crippen molar-refractivity contribution in [3.8, 4) is 0 Å². The zero-order chi connectivity index (χ0) is 17.5. The monoisotopic (exact) mass is 357 g/mol. The molecule has 6 nitrogen and oxygen atoms in total. The van der Waals surface area contributed by atoms with Gasteiger partial charge in [0, 0.05) is 56.9 Å². The van der Waals surface area contributed by atoms with Crippen molar-refractivity contribution in [3.63, 3.8) is 0 Å². The van der Waals surface area contributed by atoms with E-state index in [1.54, 1.807) is 0 Å². The van der Waals surface area contributed by atoms with E-state index in [0.29, 0.717) is 12.0 Å². The van der Waals surface area contributed by atoms with E-state index in [1.165, 1.54) is 25.0 Å². The first kappa shape index (κ1) is 16.2. The van der Waals surface area contributed by atoms with Crippen LogP contribution in [0.15, 0.2) is 28.8 Å². The van der Waals surface area contributed by atoms with E-state index < -0.39 is 0 Å². The number of benzene rings is 1. The van der Waals surface area contributed by atoms with Crippen LogP contribution >= 0.6 is 0 Å². The fourth-order valence-corrected chi connectivity index (χ4v) is 3.93. The Bertz CT molecular complexity index is 746. The summed E-state index contributed by atoms with van der Waals surface area (Å²) in [5.74, 6) is 2.01. The minimum Gasteiger partial charge on any atom is -0.369 e. The third-order valence-corrected chi connectivity index (χ3v) is 5.74. The van der Waals surface area contributed by atoms with Crippen LogP contribution in [0.3, 0.4) is 0 Å². The number of anilines is 1. The highest BCUT2D eigenvalue weighted by Gasteiger charge is 2.35. The summed E-state index contributed by atoms with van der Waals surface area (Å²) in [6.45, 7) is 7.05. The lowest BCUT2D eigenvalue weighted by molar-refractivity contribution is 0.0237. The number of likely N-dealkylation sites (tertiary alicyclic amines) is 1. The molecule has 0 N–H and O–H groups in total. The Labute approximate surface area is 152 Å². The molecule has 2 aliphatic heterocycles. The lowest BCUT2D eigenvalue weighted by atomic mass is 10.1. The van der Waals surface area contributed by atoms with Crippen LogP contribution in [0.25, 0.3) is 0 Å². The number of rotatable bonds is 5. The molecule has 138 valence electrons. The molecule has 0 radical (unpaired) electrons. The van der Waals surface area contributed by atoms with Crippen molar-refractivity contribution in [1.29, 1.82) is 0 Å². The summed E-state index contributed by atoms with van der Waals surface area (Å²) < 4.78 is 18.4. The van der Waals surface area contributed by atoms with Gasteiger partial charge in [-0.2, -0.15) is 4.98 Å². The molecule has 1 aromatic heterocycles. The van der Waals surface area contributed by atoms with Crippen LogP contribution in [0, 0.1) is 5.82 Å². The van der Waals surface area contributed by atoms with Crippen molar-refractivity contribution in [3.05, 3.63) is 41.8 Å². The normalized spacial score (nSPS) is 22.6. The number of aromatic nitrogens is 2. The molecule has 0 bridgehead atoms. The molecule has 3 aliphatic rings. The molecule has 5 rings (SSSR count). The van der Waals surface area contributed by atoms with Crippen LogP contribution in [0.4, 0.5) is 10.1 Å². The number of hydrogen-bond donors (Lipinski definition) is 0. The van der Waals surface area contributed by atoms with E-state index in [4.69, 9.17) is 4.52 Å². The van der Waals surface area contributed by atoms with Crippen molar-refractivity contribution >= 4 is 5.69 Å². The zero-order valence-corrected chi connectivity index (χ0v) is 14.9. The Balaban J connectivity index is 1.08. The van der Waals surface area contributed by atoms with Crippen molar-refractivity contribution in [2.24, 2.45) is 0 Å². The van der Waals surface area contributed by atoms with E-state index >= 15 is 0 Å². The highest BCUT2D eigenvalue weighted by Crippen LogP contribution is 2.38. The van der Waals surface area contributed by atoms with Gasteiger partial charge in [0.2, 0.25) is 5.89 Å². The van der Waals surface area contributed by atoms with E-state index in [9.17, 15) is 4.39 Å². The molecule has 1 saturated carbocycles. The van der Waals surface area contributed by atoms with E-state index in [1.807, 2.05) is 12.1 Å². The maximum Gasteiger partial charge on any atom is 0.229 e. The van der Waals surface area contributed by atoms with E-state index in [-0.39, 0.29) is 5.82 Å². The topological polar surface area (TPSA) is 48.6 Å². The second-order valence-corrected chi connectivity index (χ2v) is 7.67. The fourth-order valence-electron chi connectivity index (χ4n) is 3.93. The first-order chi connectivity index (χ1) is 12.7. The predicted molar refractivity (Wildman–Crippen MR) is 95.5 cm³/mol. The smallest absolute Gasteiger partial charge is 0.229 e. The quantitative estimate of drug-likeness (QED) is 0.817. The molecule has 7 heteroatoms. The third-order valence-electron chi connectivity index (χ3n) is 5.74. The Morgan fingerprint density at radius 2 is 1.77 bits per heavy atom. The van der Waals surface area contributed by atoms with Gasteiger partial charge in [-0.1, -0.05) is 5.16 Å². The molecule has 3 fully saturated rings. The van der Waals surface area contributed by atoms with Gasteiger partial charge >= 0.3 is 0 Å². The standard InChI is InChI=1S/C19H24FN5O/c20-15-3-5-16(6-4-15)24-7-9-25(10-8-24)17-11-23(12-17)13-18-21-19(26-22-18)14-1-2-14/h3-6,14,17H,1-2,7-13H2. The summed E-state index contributed by atoms with van der Waals surface area (Å²) in [5.41, 5.74) is 1.12. The Hall–Kier alpha value is -1.99. The molecule has 0 atom stereocenters. The first-order valence-electron chi connectivity index (χ1n) is 9.54. The molecule has 1 aliphatic carbocycles. The van der Waals surface area contributed by atoms with Gasteiger partial charge in [0.25, 0.3) is 0 Å².